The van der Waals surface area contributed by atoms with Crippen molar-refractivity contribution < 1.29 is 19.4 Å². The number of hydrogen-bond acceptors (Lipinski definition) is 3. The van der Waals surface area contributed by atoms with Crippen LogP contribution in [0, 0.1) is 0 Å². The van der Waals surface area contributed by atoms with Crippen LogP contribution in [0.15, 0.2) is 24.3 Å². The Morgan fingerprint density at radius 1 is 1.24 bits per heavy atom. The molecule has 1 saturated heterocycles. The van der Waals surface area contributed by atoms with E-state index in [1.54, 1.807) is 29.2 Å². The fourth-order valence-corrected chi connectivity index (χ4v) is 2.44. The number of carbonyl (C=O) groups excluding carboxylic acids is 1. The third-order valence-electron chi connectivity index (χ3n) is 3.49. The van der Waals surface area contributed by atoms with Crippen molar-refractivity contribution in [2.75, 3.05) is 19.7 Å². The van der Waals surface area contributed by atoms with Gasteiger partial charge in [0.25, 0.3) is 5.91 Å². The Morgan fingerprint density at radius 3 is 2.43 bits per heavy atom. The number of rotatable bonds is 5. The van der Waals surface area contributed by atoms with Crippen molar-refractivity contribution in [3.05, 3.63) is 34.9 Å². The van der Waals surface area contributed by atoms with Crippen LogP contribution in [0.3, 0.4) is 0 Å². The summed E-state index contributed by atoms with van der Waals surface area (Å²) in [5.41, 5.74) is 0.629. The highest BCUT2D eigenvalue weighted by atomic mass is 35.5. The second-order valence-corrected chi connectivity index (χ2v) is 5.45. The summed E-state index contributed by atoms with van der Waals surface area (Å²) < 4.78 is 5.51. The van der Waals surface area contributed by atoms with Gasteiger partial charge in [-0.25, -0.2) is 0 Å². The van der Waals surface area contributed by atoms with Gasteiger partial charge in [-0.2, -0.15) is 0 Å². The maximum atomic E-state index is 12.3. The van der Waals surface area contributed by atoms with E-state index in [1.165, 1.54) is 0 Å². The largest absolute Gasteiger partial charge is 0.481 e. The number of piperidine rings is 1. The lowest BCUT2D eigenvalue weighted by atomic mass is 10.1. The average Bonchev–Trinajstić information content (AvgIpc) is 2.48. The molecule has 0 aliphatic carbocycles. The number of benzene rings is 1. The molecule has 6 heteroatoms. The van der Waals surface area contributed by atoms with Crippen LogP contribution in [0.5, 0.6) is 0 Å². The first-order valence-corrected chi connectivity index (χ1v) is 7.32. The molecule has 114 valence electrons. The number of amides is 1. The minimum absolute atomic E-state index is 0.00403. The van der Waals surface area contributed by atoms with E-state index in [0.717, 1.165) is 12.8 Å². The minimum atomic E-state index is -0.856. The van der Waals surface area contributed by atoms with Gasteiger partial charge in [0.15, 0.2) is 0 Å². The van der Waals surface area contributed by atoms with Crippen LogP contribution in [0.2, 0.25) is 5.02 Å². The first kappa shape index (κ1) is 15.8. The molecule has 1 fully saturated rings. The van der Waals surface area contributed by atoms with E-state index in [0.29, 0.717) is 23.7 Å². The number of likely N-dealkylation sites (tertiary alicyclic amines) is 1. The number of ether oxygens (including phenoxy) is 1. The van der Waals surface area contributed by atoms with Crippen molar-refractivity contribution in [3.8, 4) is 0 Å². The van der Waals surface area contributed by atoms with E-state index in [-0.39, 0.29) is 25.0 Å². The fraction of sp³-hybridized carbons (Fsp3) is 0.467. The molecular formula is C15H18ClNO4. The molecule has 0 radical (unpaired) electrons. The van der Waals surface area contributed by atoms with Gasteiger partial charge in [0.1, 0.15) is 0 Å². The molecule has 0 spiro atoms. The molecule has 5 nitrogen and oxygen atoms in total. The molecule has 1 aliphatic heterocycles. The number of carboxylic acids is 1. The van der Waals surface area contributed by atoms with Crippen molar-refractivity contribution in [3.63, 3.8) is 0 Å². The SMILES string of the molecule is O=C(O)CCOC1CCN(C(=O)c2ccc(Cl)cc2)CC1. The molecular weight excluding hydrogens is 294 g/mol. The quantitative estimate of drug-likeness (QED) is 0.907. The number of halogens is 1. The van der Waals surface area contributed by atoms with Crippen LogP contribution in [-0.2, 0) is 9.53 Å². The number of aliphatic carboxylic acids is 1. The van der Waals surface area contributed by atoms with Crippen molar-refractivity contribution in [2.45, 2.75) is 25.4 Å². The second-order valence-electron chi connectivity index (χ2n) is 5.01. The van der Waals surface area contributed by atoms with E-state index >= 15 is 0 Å². The Balaban J connectivity index is 1.79. The van der Waals surface area contributed by atoms with Gasteiger partial charge in [0.2, 0.25) is 0 Å². The highest BCUT2D eigenvalue weighted by Crippen LogP contribution is 2.17. The lowest BCUT2D eigenvalue weighted by Crippen LogP contribution is -2.41. The molecule has 0 atom stereocenters. The van der Waals surface area contributed by atoms with Crippen LogP contribution in [0.4, 0.5) is 0 Å². The van der Waals surface area contributed by atoms with Gasteiger partial charge in [-0.05, 0) is 37.1 Å². The second kappa shape index (κ2) is 7.43. The molecule has 0 aromatic heterocycles. The van der Waals surface area contributed by atoms with E-state index in [9.17, 15) is 9.59 Å². The van der Waals surface area contributed by atoms with Crippen LogP contribution >= 0.6 is 11.6 Å². The van der Waals surface area contributed by atoms with Gasteiger partial charge in [-0.1, -0.05) is 11.6 Å². The highest BCUT2D eigenvalue weighted by molar-refractivity contribution is 6.30. The summed E-state index contributed by atoms with van der Waals surface area (Å²) in [4.78, 5) is 24.5. The summed E-state index contributed by atoms with van der Waals surface area (Å²) in [5, 5.41) is 9.17. The number of carbonyl (C=O) groups is 2. The number of hydrogen-bond donors (Lipinski definition) is 1. The Hall–Kier alpha value is -1.59. The summed E-state index contributed by atoms with van der Waals surface area (Å²) in [7, 11) is 0. The normalized spacial score (nSPS) is 16.0. The lowest BCUT2D eigenvalue weighted by Gasteiger charge is -2.32. The highest BCUT2D eigenvalue weighted by Gasteiger charge is 2.24. The monoisotopic (exact) mass is 311 g/mol. The molecule has 1 aliphatic rings. The first-order valence-electron chi connectivity index (χ1n) is 6.94. The maximum Gasteiger partial charge on any atom is 0.305 e. The Kier molecular flexibility index (Phi) is 5.59. The van der Waals surface area contributed by atoms with Crippen LogP contribution < -0.4 is 0 Å². The van der Waals surface area contributed by atoms with Crippen molar-refractivity contribution in [2.24, 2.45) is 0 Å². The molecule has 1 heterocycles. The molecule has 1 aromatic rings. The zero-order valence-corrected chi connectivity index (χ0v) is 12.4. The summed E-state index contributed by atoms with van der Waals surface area (Å²) in [6.07, 6.45) is 1.53. The zero-order valence-electron chi connectivity index (χ0n) is 11.6. The van der Waals surface area contributed by atoms with Crippen LogP contribution in [-0.4, -0.2) is 47.7 Å². The Labute approximate surface area is 128 Å². The summed E-state index contributed by atoms with van der Waals surface area (Å²) in [6, 6.07) is 6.85. The molecule has 0 saturated carbocycles. The topological polar surface area (TPSA) is 66.8 Å². The van der Waals surface area contributed by atoms with Gasteiger partial charge in [0, 0.05) is 23.7 Å². The standard InChI is InChI=1S/C15H18ClNO4/c16-12-3-1-11(2-4-12)15(20)17-8-5-13(6-9-17)21-10-7-14(18)19/h1-4,13H,5-10H2,(H,18,19). The zero-order chi connectivity index (χ0) is 15.2. The van der Waals surface area contributed by atoms with Crippen LogP contribution in [0.25, 0.3) is 0 Å². The third kappa shape index (κ3) is 4.72. The minimum Gasteiger partial charge on any atom is -0.481 e. The molecule has 21 heavy (non-hydrogen) atoms. The van der Waals surface area contributed by atoms with Gasteiger partial charge in [-0.3, -0.25) is 9.59 Å². The predicted octanol–water partition coefficient (Wildman–Crippen LogP) is 2.44. The van der Waals surface area contributed by atoms with Gasteiger partial charge >= 0.3 is 5.97 Å². The van der Waals surface area contributed by atoms with E-state index in [2.05, 4.69) is 0 Å². The Morgan fingerprint density at radius 2 is 1.86 bits per heavy atom. The van der Waals surface area contributed by atoms with E-state index in [1.807, 2.05) is 0 Å². The average molecular weight is 312 g/mol. The maximum absolute atomic E-state index is 12.3. The van der Waals surface area contributed by atoms with Crippen molar-refractivity contribution >= 4 is 23.5 Å². The molecule has 0 bridgehead atoms. The number of carboxylic acid groups (broad SMARTS) is 1. The Bertz CT molecular complexity index is 495. The molecule has 2 rings (SSSR count). The first-order chi connectivity index (χ1) is 10.1. The smallest absolute Gasteiger partial charge is 0.305 e. The van der Waals surface area contributed by atoms with Gasteiger partial charge in [-0.15, -0.1) is 0 Å². The molecule has 1 amide bonds. The fourth-order valence-electron chi connectivity index (χ4n) is 2.31. The lowest BCUT2D eigenvalue weighted by molar-refractivity contribution is -0.138. The van der Waals surface area contributed by atoms with Crippen molar-refractivity contribution in [1.29, 1.82) is 0 Å². The number of nitrogens with zero attached hydrogens (tertiary/aromatic N) is 1. The van der Waals surface area contributed by atoms with Gasteiger partial charge < -0.3 is 14.7 Å². The summed E-state index contributed by atoms with van der Waals surface area (Å²) in [5.74, 6) is -0.860. The molecule has 0 unspecified atom stereocenters. The predicted molar refractivity (Wildman–Crippen MR) is 78.6 cm³/mol. The summed E-state index contributed by atoms with van der Waals surface area (Å²) in [6.45, 7) is 1.48. The van der Waals surface area contributed by atoms with Gasteiger partial charge in [0.05, 0.1) is 19.1 Å². The van der Waals surface area contributed by atoms with Crippen LogP contribution in [0.1, 0.15) is 29.6 Å². The van der Waals surface area contributed by atoms with Crippen molar-refractivity contribution in [1.82, 2.24) is 4.90 Å². The summed E-state index contributed by atoms with van der Waals surface area (Å²) >= 11 is 5.81. The third-order valence-corrected chi connectivity index (χ3v) is 3.74. The van der Waals surface area contributed by atoms with E-state index < -0.39 is 5.97 Å². The molecule has 1 N–H and O–H groups in total. The molecule has 1 aromatic carbocycles. The van der Waals surface area contributed by atoms with E-state index in [4.69, 9.17) is 21.4 Å².